The number of esters is 2. The van der Waals surface area contributed by atoms with Gasteiger partial charge < -0.3 is 14.6 Å². The lowest BCUT2D eigenvalue weighted by Crippen LogP contribution is -2.22. The van der Waals surface area contributed by atoms with Crippen LogP contribution in [0.1, 0.15) is 35.2 Å². The van der Waals surface area contributed by atoms with E-state index in [0.29, 0.717) is 6.42 Å². The molecule has 0 fully saturated rings. The molecule has 0 spiro atoms. The van der Waals surface area contributed by atoms with E-state index in [4.69, 9.17) is 49.4 Å². The van der Waals surface area contributed by atoms with Crippen molar-refractivity contribution in [3.8, 4) is 5.75 Å². The number of rotatable bonds is 6. The van der Waals surface area contributed by atoms with Gasteiger partial charge in [-0.05, 0) is 18.1 Å². The van der Waals surface area contributed by atoms with Crippen LogP contribution in [0.4, 0.5) is 0 Å². The summed E-state index contributed by atoms with van der Waals surface area (Å²) in [5, 5.41) is 8.12. The number of carboxylic acid groups (broad SMARTS) is 1. The van der Waals surface area contributed by atoms with Crippen LogP contribution in [0.15, 0.2) is 36.4 Å². The van der Waals surface area contributed by atoms with E-state index in [-0.39, 0.29) is 27.6 Å². The summed E-state index contributed by atoms with van der Waals surface area (Å²) in [5.41, 5.74) is 0.558. The lowest BCUT2D eigenvalue weighted by molar-refractivity contribution is -0.158. The molecule has 1 unspecified atom stereocenters. The second-order valence-electron chi connectivity index (χ2n) is 5.67. The van der Waals surface area contributed by atoms with Crippen molar-refractivity contribution >= 4 is 52.7 Å². The van der Waals surface area contributed by atoms with Crippen molar-refractivity contribution in [2.24, 2.45) is 0 Å². The Morgan fingerprint density at radius 3 is 2.29 bits per heavy atom. The molecule has 6 nitrogen and oxygen atoms in total. The van der Waals surface area contributed by atoms with Crippen molar-refractivity contribution in [2.75, 3.05) is 6.61 Å². The topological polar surface area (TPSA) is 89.9 Å². The summed E-state index contributed by atoms with van der Waals surface area (Å²) in [6.07, 6.45) is 0.697. The first-order chi connectivity index (χ1) is 13.3. The van der Waals surface area contributed by atoms with E-state index in [1.165, 1.54) is 0 Å². The molecule has 2 rings (SSSR count). The highest BCUT2D eigenvalue weighted by atomic mass is 35.5. The van der Waals surface area contributed by atoms with E-state index in [0.717, 1.165) is 11.6 Å². The molecule has 1 atom stereocenters. The van der Waals surface area contributed by atoms with Crippen molar-refractivity contribution in [3.63, 3.8) is 0 Å². The van der Waals surface area contributed by atoms with Gasteiger partial charge in [-0.1, -0.05) is 72.1 Å². The van der Waals surface area contributed by atoms with Gasteiger partial charge >= 0.3 is 17.9 Å². The van der Waals surface area contributed by atoms with E-state index < -0.39 is 29.2 Å². The van der Waals surface area contributed by atoms with Crippen LogP contribution in [0, 0.1) is 0 Å². The zero-order valence-electron chi connectivity index (χ0n) is 14.6. The maximum Gasteiger partial charge on any atom is 0.422 e. The van der Waals surface area contributed by atoms with Crippen molar-refractivity contribution in [1.82, 2.24) is 0 Å². The Balaban J connectivity index is 2.30. The third-order valence-corrected chi connectivity index (χ3v) is 4.95. The van der Waals surface area contributed by atoms with E-state index >= 15 is 0 Å². The van der Waals surface area contributed by atoms with Crippen LogP contribution < -0.4 is 4.74 Å². The second-order valence-corrected chi connectivity index (χ2v) is 6.86. The Morgan fingerprint density at radius 2 is 1.71 bits per heavy atom. The molecule has 1 N–H and O–H groups in total. The summed E-state index contributed by atoms with van der Waals surface area (Å²) in [7, 11) is 0. The molecule has 0 bridgehead atoms. The van der Waals surface area contributed by atoms with Crippen molar-refractivity contribution in [2.45, 2.75) is 19.3 Å². The van der Waals surface area contributed by atoms with E-state index in [9.17, 15) is 14.4 Å². The van der Waals surface area contributed by atoms with Crippen LogP contribution >= 0.6 is 34.8 Å². The molecule has 148 valence electrons. The highest BCUT2D eigenvalue weighted by Crippen LogP contribution is 2.40. The van der Waals surface area contributed by atoms with E-state index in [1.54, 1.807) is 0 Å². The van der Waals surface area contributed by atoms with E-state index in [2.05, 4.69) is 0 Å². The second kappa shape index (κ2) is 9.78. The molecule has 0 aromatic heterocycles. The van der Waals surface area contributed by atoms with Gasteiger partial charge in [-0.25, -0.2) is 14.4 Å². The number of carboxylic acids is 1. The Kier molecular flexibility index (Phi) is 7.69. The first-order valence-electron chi connectivity index (χ1n) is 8.10. The number of carbonyl (C=O) groups excluding carboxylic acids is 2. The molecule has 0 aliphatic heterocycles. The molecule has 0 heterocycles. The molecule has 0 aliphatic carbocycles. The van der Waals surface area contributed by atoms with Crippen molar-refractivity contribution in [3.05, 3.63) is 62.6 Å². The maximum absolute atomic E-state index is 12.6. The third kappa shape index (κ3) is 5.16. The summed E-state index contributed by atoms with van der Waals surface area (Å²) in [6.45, 7) is 1.96. The molecule has 0 aliphatic rings. The number of aliphatic carboxylic acids is 1. The van der Waals surface area contributed by atoms with Gasteiger partial charge in [-0.2, -0.15) is 0 Å². The van der Waals surface area contributed by atoms with Gasteiger partial charge in [0.05, 0.1) is 21.7 Å². The molecule has 2 aromatic rings. The first-order valence-corrected chi connectivity index (χ1v) is 9.24. The average Bonchev–Trinajstić information content (AvgIpc) is 2.67. The predicted molar refractivity (Wildman–Crippen MR) is 104 cm³/mol. The summed E-state index contributed by atoms with van der Waals surface area (Å²) in [5.74, 6) is -5.05. The molecule has 0 saturated heterocycles. The molecular weight excluding hydrogens is 431 g/mol. The third-order valence-electron chi connectivity index (χ3n) is 3.88. The Morgan fingerprint density at radius 1 is 1.07 bits per heavy atom. The molecule has 0 saturated carbocycles. The fourth-order valence-electron chi connectivity index (χ4n) is 2.42. The zero-order chi connectivity index (χ0) is 20.8. The quantitative estimate of drug-likeness (QED) is 0.292. The SMILES string of the molecule is CCC(COC(=O)c1c(Cl)c(Cl)cc(Cl)c1OC(=O)C(=O)O)c1ccccc1. The minimum atomic E-state index is -1.86. The summed E-state index contributed by atoms with van der Waals surface area (Å²) in [6, 6.07) is 10.6. The minimum Gasteiger partial charge on any atom is -0.473 e. The minimum absolute atomic E-state index is 0.0200. The van der Waals surface area contributed by atoms with Gasteiger partial charge in [0.2, 0.25) is 0 Å². The number of benzene rings is 2. The van der Waals surface area contributed by atoms with E-state index in [1.807, 2.05) is 37.3 Å². The largest absolute Gasteiger partial charge is 0.473 e. The Labute approximate surface area is 175 Å². The van der Waals surface area contributed by atoms with Gasteiger partial charge in [0, 0.05) is 5.92 Å². The molecule has 0 radical (unpaired) electrons. The maximum atomic E-state index is 12.6. The molecular formula is C19H15Cl3O6. The number of halogens is 3. The van der Waals surface area contributed by atoms with Crippen LogP contribution in [-0.2, 0) is 14.3 Å². The zero-order valence-corrected chi connectivity index (χ0v) is 16.8. The van der Waals surface area contributed by atoms with Crippen LogP contribution in [0.25, 0.3) is 0 Å². The van der Waals surface area contributed by atoms with Crippen molar-refractivity contribution in [1.29, 1.82) is 0 Å². The lowest BCUT2D eigenvalue weighted by Gasteiger charge is -2.17. The van der Waals surface area contributed by atoms with Crippen LogP contribution in [0.3, 0.4) is 0 Å². The van der Waals surface area contributed by atoms with Gasteiger partial charge in [0.25, 0.3) is 0 Å². The molecule has 28 heavy (non-hydrogen) atoms. The standard InChI is InChI=1S/C19H15Cl3O6/c1-2-10(11-6-4-3-5-7-11)9-27-18(25)14-15(22)12(20)8-13(21)16(14)28-19(26)17(23)24/h3-8,10H,2,9H2,1H3,(H,23,24). The monoisotopic (exact) mass is 444 g/mol. The van der Waals surface area contributed by atoms with Crippen molar-refractivity contribution < 1.29 is 29.0 Å². The van der Waals surface area contributed by atoms with Crippen LogP contribution in [-0.4, -0.2) is 29.6 Å². The fourth-order valence-corrected chi connectivity index (χ4v) is 3.14. The van der Waals surface area contributed by atoms with Gasteiger partial charge in [0.1, 0.15) is 5.56 Å². The van der Waals surface area contributed by atoms with Gasteiger partial charge in [0.15, 0.2) is 5.75 Å². The highest BCUT2D eigenvalue weighted by molar-refractivity contribution is 6.46. The van der Waals surface area contributed by atoms with Gasteiger partial charge in [-0.15, -0.1) is 0 Å². The number of ether oxygens (including phenoxy) is 2. The predicted octanol–water partition coefficient (Wildman–Crippen LogP) is 4.99. The Hall–Kier alpha value is -2.28. The normalized spacial score (nSPS) is 11.6. The van der Waals surface area contributed by atoms with Crippen LogP contribution in [0.5, 0.6) is 5.75 Å². The van der Waals surface area contributed by atoms with Gasteiger partial charge in [-0.3, -0.25) is 0 Å². The molecule has 0 amide bonds. The first kappa shape index (κ1) is 22.0. The number of hydrogen-bond acceptors (Lipinski definition) is 5. The summed E-state index contributed by atoms with van der Waals surface area (Å²) >= 11 is 18.0. The Bertz CT molecular complexity index is 898. The molecule has 9 heteroatoms. The number of hydrogen-bond donors (Lipinski definition) is 1. The summed E-state index contributed by atoms with van der Waals surface area (Å²) in [4.78, 5) is 34.8. The summed E-state index contributed by atoms with van der Waals surface area (Å²) < 4.78 is 10.0. The number of carbonyl (C=O) groups is 3. The average molecular weight is 446 g/mol. The highest BCUT2D eigenvalue weighted by Gasteiger charge is 2.28. The lowest BCUT2D eigenvalue weighted by atomic mass is 9.97. The molecule has 2 aromatic carbocycles. The van der Waals surface area contributed by atoms with Crippen LogP contribution in [0.2, 0.25) is 15.1 Å². The fraction of sp³-hybridized carbons (Fsp3) is 0.211. The smallest absolute Gasteiger partial charge is 0.422 e.